The van der Waals surface area contributed by atoms with Crippen LogP contribution in [0.5, 0.6) is 0 Å². The zero-order chi connectivity index (χ0) is 17.3. The summed E-state index contributed by atoms with van der Waals surface area (Å²) < 4.78 is 42.8. The van der Waals surface area contributed by atoms with E-state index in [9.17, 15) is 18.0 Å². The molecule has 0 aliphatic carbocycles. The highest BCUT2D eigenvalue weighted by molar-refractivity contribution is 5.78. The summed E-state index contributed by atoms with van der Waals surface area (Å²) in [6.45, 7) is 1.43. The Morgan fingerprint density at radius 3 is 2.48 bits per heavy atom. The van der Waals surface area contributed by atoms with Crippen LogP contribution in [0.15, 0.2) is 24.3 Å². The number of alkyl halides is 3. The Balaban J connectivity index is 2.57. The zero-order valence-corrected chi connectivity index (χ0v) is 13.4. The SMILES string of the molecule is COCCNCC(=O)N(CCc1ccc(C)cc1)CC(F)(F)F. The molecule has 1 aromatic rings. The maximum atomic E-state index is 12.7. The molecule has 4 nitrogen and oxygen atoms in total. The third-order valence-corrected chi connectivity index (χ3v) is 3.27. The number of halogens is 3. The van der Waals surface area contributed by atoms with Crippen molar-refractivity contribution in [1.29, 1.82) is 0 Å². The first-order chi connectivity index (χ1) is 10.8. The van der Waals surface area contributed by atoms with E-state index in [2.05, 4.69) is 5.32 Å². The van der Waals surface area contributed by atoms with Gasteiger partial charge in [-0.2, -0.15) is 13.2 Å². The van der Waals surface area contributed by atoms with Crippen molar-refractivity contribution in [2.24, 2.45) is 0 Å². The van der Waals surface area contributed by atoms with Gasteiger partial charge < -0.3 is 15.0 Å². The van der Waals surface area contributed by atoms with Crippen LogP contribution in [0.2, 0.25) is 0 Å². The number of carbonyl (C=O) groups excluding carboxylic acids is 1. The molecular weight excluding hydrogens is 309 g/mol. The second kappa shape index (κ2) is 9.52. The standard InChI is InChI=1S/C16H23F3N2O2/c1-13-3-5-14(6-4-13)7-9-21(12-16(17,18)19)15(22)11-20-8-10-23-2/h3-6,20H,7-12H2,1-2H3. The molecule has 0 unspecified atom stereocenters. The fourth-order valence-electron chi connectivity index (χ4n) is 2.01. The minimum absolute atomic E-state index is 0.0351. The van der Waals surface area contributed by atoms with Gasteiger partial charge in [0.25, 0.3) is 0 Å². The van der Waals surface area contributed by atoms with Gasteiger partial charge in [-0.15, -0.1) is 0 Å². The molecule has 130 valence electrons. The Kier molecular flexibility index (Phi) is 8.05. The van der Waals surface area contributed by atoms with E-state index >= 15 is 0 Å². The van der Waals surface area contributed by atoms with E-state index < -0.39 is 18.6 Å². The molecular formula is C16H23F3N2O2. The summed E-state index contributed by atoms with van der Waals surface area (Å²) >= 11 is 0. The Morgan fingerprint density at radius 2 is 1.91 bits per heavy atom. The smallest absolute Gasteiger partial charge is 0.383 e. The predicted molar refractivity (Wildman–Crippen MR) is 82.3 cm³/mol. The molecule has 1 rings (SSSR count). The van der Waals surface area contributed by atoms with E-state index in [-0.39, 0.29) is 13.1 Å². The third kappa shape index (κ3) is 8.56. The number of hydrogen-bond donors (Lipinski definition) is 1. The summed E-state index contributed by atoms with van der Waals surface area (Å²) in [6.07, 6.45) is -4.02. The molecule has 23 heavy (non-hydrogen) atoms. The molecule has 0 saturated carbocycles. The minimum Gasteiger partial charge on any atom is -0.383 e. The van der Waals surface area contributed by atoms with Crippen molar-refractivity contribution in [1.82, 2.24) is 10.2 Å². The van der Waals surface area contributed by atoms with Crippen LogP contribution in [0.1, 0.15) is 11.1 Å². The van der Waals surface area contributed by atoms with Crippen molar-refractivity contribution in [3.63, 3.8) is 0 Å². The van der Waals surface area contributed by atoms with Crippen LogP contribution >= 0.6 is 0 Å². The topological polar surface area (TPSA) is 41.6 Å². The van der Waals surface area contributed by atoms with E-state index in [0.29, 0.717) is 19.6 Å². The van der Waals surface area contributed by atoms with E-state index in [0.717, 1.165) is 16.0 Å². The van der Waals surface area contributed by atoms with Crippen molar-refractivity contribution < 1.29 is 22.7 Å². The van der Waals surface area contributed by atoms with Crippen LogP contribution in [0, 0.1) is 6.92 Å². The van der Waals surface area contributed by atoms with Crippen LogP contribution < -0.4 is 5.32 Å². The molecule has 1 aromatic carbocycles. The zero-order valence-electron chi connectivity index (χ0n) is 13.4. The van der Waals surface area contributed by atoms with Crippen molar-refractivity contribution in [2.75, 3.05) is 39.9 Å². The lowest BCUT2D eigenvalue weighted by Crippen LogP contribution is -2.44. The largest absolute Gasteiger partial charge is 0.406 e. The quantitative estimate of drug-likeness (QED) is 0.705. The van der Waals surface area contributed by atoms with Crippen molar-refractivity contribution in [3.05, 3.63) is 35.4 Å². The number of aryl methyl sites for hydroxylation is 1. The number of amides is 1. The molecule has 0 heterocycles. The summed E-state index contributed by atoms with van der Waals surface area (Å²) in [6, 6.07) is 7.53. The number of nitrogens with one attached hydrogen (secondary N) is 1. The Morgan fingerprint density at radius 1 is 1.26 bits per heavy atom. The average molecular weight is 332 g/mol. The Bertz CT molecular complexity index is 475. The van der Waals surface area contributed by atoms with Gasteiger partial charge >= 0.3 is 6.18 Å². The third-order valence-electron chi connectivity index (χ3n) is 3.27. The number of benzene rings is 1. The van der Waals surface area contributed by atoms with Crippen molar-refractivity contribution in [2.45, 2.75) is 19.5 Å². The lowest BCUT2D eigenvalue weighted by molar-refractivity contribution is -0.160. The van der Waals surface area contributed by atoms with E-state index in [1.165, 1.54) is 7.11 Å². The molecule has 0 bridgehead atoms. The van der Waals surface area contributed by atoms with Gasteiger partial charge in [-0.25, -0.2) is 0 Å². The molecule has 1 N–H and O–H groups in total. The molecule has 0 aliphatic rings. The second-order valence-electron chi connectivity index (χ2n) is 5.34. The van der Waals surface area contributed by atoms with Crippen LogP contribution in [0.3, 0.4) is 0 Å². The van der Waals surface area contributed by atoms with Gasteiger partial charge in [-0.3, -0.25) is 4.79 Å². The van der Waals surface area contributed by atoms with Crippen LogP contribution in [0.25, 0.3) is 0 Å². The summed E-state index contributed by atoms with van der Waals surface area (Å²) in [5.74, 6) is -0.564. The normalized spacial score (nSPS) is 11.5. The molecule has 0 aromatic heterocycles. The maximum absolute atomic E-state index is 12.7. The molecule has 0 aliphatic heterocycles. The molecule has 0 saturated heterocycles. The van der Waals surface area contributed by atoms with Gasteiger partial charge in [0.2, 0.25) is 5.91 Å². The lowest BCUT2D eigenvalue weighted by Gasteiger charge is -2.24. The van der Waals surface area contributed by atoms with E-state index in [4.69, 9.17) is 4.74 Å². The number of methoxy groups -OCH3 is 1. The monoisotopic (exact) mass is 332 g/mol. The van der Waals surface area contributed by atoms with E-state index in [1.807, 2.05) is 31.2 Å². The molecule has 0 radical (unpaired) electrons. The first-order valence-electron chi connectivity index (χ1n) is 7.41. The summed E-state index contributed by atoms with van der Waals surface area (Å²) in [5.41, 5.74) is 1.99. The summed E-state index contributed by atoms with van der Waals surface area (Å²) in [7, 11) is 1.51. The van der Waals surface area contributed by atoms with Gasteiger partial charge in [0.15, 0.2) is 0 Å². The number of rotatable bonds is 9. The number of carbonyl (C=O) groups is 1. The molecule has 7 heteroatoms. The number of ether oxygens (including phenoxy) is 1. The molecule has 0 atom stereocenters. The van der Waals surface area contributed by atoms with E-state index in [1.54, 1.807) is 0 Å². The van der Waals surface area contributed by atoms with Gasteiger partial charge in [-0.05, 0) is 18.9 Å². The Hall–Kier alpha value is -1.60. The first kappa shape index (κ1) is 19.4. The molecule has 0 spiro atoms. The number of nitrogens with zero attached hydrogens (tertiary/aromatic N) is 1. The van der Waals surface area contributed by atoms with Gasteiger partial charge in [0.05, 0.1) is 13.2 Å². The average Bonchev–Trinajstić information content (AvgIpc) is 2.48. The Labute approximate surface area is 134 Å². The highest BCUT2D eigenvalue weighted by Gasteiger charge is 2.32. The highest BCUT2D eigenvalue weighted by Crippen LogP contribution is 2.17. The van der Waals surface area contributed by atoms with Gasteiger partial charge in [-0.1, -0.05) is 29.8 Å². The summed E-state index contributed by atoms with van der Waals surface area (Å²) in [5, 5.41) is 2.77. The predicted octanol–water partition coefficient (Wildman–Crippen LogP) is 2.16. The van der Waals surface area contributed by atoms with Crippen molar-refractivity contribution >= 4 is 5.91 Å². The highest BCUT2D eigenvalue weighted by atomic mass is 19.4. The minimum atomic E-state index is -4.41. The molecule has 1 amide bonds. The lowest BCUT2D eigenvalue weighted by atomic mass is 10.1. The van der Waals surface area contributed by atoms with Crippen LogP contribution in [-0.2, 0) is 16.0 Å². The fourth-order valence-corrected chi connectivity index (χ4v) is 2.01. The van der Waals surface area contributed by atoms with Crippen molar-refractivity contribution in [3.8, 4) is 0 Å². The number of hydrogen-bond acceptors (Lipinski definition) is 3. The van der Waals surface area contributed by atoms with Gasteiger partial charge in [0, 0.05) is 20.2 Å². The fraction of sp³-hybridized carbons (Fsp3) is 0.562. The van der Waals surface area contributed by atoms with Crippen LogP contribution in [-0.4, -0.2) is 56.9 Å². The van der Waals surface area contributed by atoms with Gasteiger partial charge in [0.1, 0.15) is 6.54 Å². The maximum Gasteiger partial charge on any atom is 0.406 e. The second-order valence-corrected chi connectivity index (χ2v) is 5.34. The summed E-state index contributed by atoms with van der Waals surface area (Å²) in [4.78, 5) is 12.8. The van der Waals surface area contributed by atoms with Crippen LogP contribution in [0.4, 0.5) is 13.2 Å². The molecule has 0 fully saturated rings. The first-order valence-corrected chi connectivity index (χ1v) is 7.41.